The molecule has 0 amide bonds. The van der Waals surface area contributed by atoms with Crippen LogP contribution in [0, 0.1) is 18.3 Å². The number of fused-ring (bicyclic) bond motifs is 1. The molecule has 0 saturated carbocycles. The number of para-hydroxylation sites is 1. The van der Waals surface area contributed by atoms with Gasteiger partial charge in [-0.25, -0.2) is 0 Å². The van der Waals surface area contributed by atoms with Crippen molar-refractivity contribution in [2.75, 3.05) is 0 Å². The Balaban J connectivity index is 1.96. The number of hydrogen-bond donors (Lipinski definition) is 0. The predicted octanol–water partition coefficient (Wildman–Crippen LogP) is 7.22. The summed E-state index contributed by atoms with van der Waals surface area (Å²) in [6.07, 6.45) is 5.51. The van der Waals surface area contributed by atoms with Crippen LogP contribution < -0.4 is 0 Å². The topological polar surface area (TPSA) is 36.1 Å². The van der Waals surface area contributed by atoms with Gasteiger partial charge < -0.3 is 0 Å². The molecule has 0 radical (unpaired) electrons. The van der Waals surface area contributed by atoms with Crippen molar-refractivity contribution in [2.45, 2.75) is 33.1 Å². The van der Waals surface area contributed by atoms with Gasteiger partial charge in [0, 0.05) is 11.6 Å². The van der Waals surface area contributed by atoms with Crippen LogP contribution in [0.4, 0.5) is 5.69 Å². The van der Waals surface area contributed by atoms with E-state index in [1.54, 1.807) is 6.21 Å². The summed E-state index contributed by atoms with van der Waals surface area (Å²) in [5, 5.41) is 12.0. The van der Waals surface area contributed by atoms with Gasteiger partial charge in [0.2, 0.25) is 0 Å². The lowest BCUT2D eigenvalue weighted by molar-refractivity contribution is 0.625. The highest BCUT2D eigenvalue weighted by atomic mass is 14.7. The van der Waals surface area contributed by atoms with Gasteiger partial charge in [0.05, 0.1) is 11.3 Å². The van der Waals surface area contributed by atoms with Crippen molar-refractivity contribution in [3.8, 4) is 6.07 Å². The molecule has 0 spiro atoms. The first kappa shape index (κ1) is 20.3. The van der Waals surface area contributed by atoms with Crippen LogP contribution in [0.25, 0.3) is 10.8 Å². The minimum atomic E-state index is -0.168. The Morgan fingerprint density at radius 2 is 1.62 bits per heavy atom. The van der Waals surface area contributed by atoms with Crippen LogP contribution in [-0.2, 0) is 5.41 Å². The quantitative estimate of drug-likeness (QED) is 0.262. The number of nitriles is 1. The standard InChI is InChI=1S/C27H26N2/c1-20-14-17-23-10-8-9-13-25(23)26(20)27(3,4)21(2)15-16-22(18-28)19-29-24-11-6-5-7-12-24/h5-17,19H,1-4H3/b21-15-,22-16+,29-19+. The van der Waals surface area contributed by atoms with Gasteiger partial charge in [-0.1, -0.05) is 80.1 Å². The van der Waals surface area contributed by atoms with Gasteiger partial charge in [-0.15, -0.1) is 0 Å². The second-order valence-corrected chi connectivity index (χ2v) is 7.78. The number of aryl methyl sites for hydroxylation is 1. The van der Waals surface area contributed by atoms with Gasteiger partial charge in [-0.2, -0.15) is 5.26 Å². The molecule has 0 heterocycles. The molecule has 144 valence electrons. The molecule has 0 bridgehead atoms. The smallest absolute Gasteiger partial charge is 0.101 e. The summed E-state index contributed by atoms with van der Waals surface area (Å²) >= 11 is 0. The SMILES string of the molecule is C/C(=C/C=C(C#N)/C=N/c1ccccc1)C(C)(C)c1c(C)ccc2ccccc12. The molecular formula is C27H26N2. The van der Waals surface area contributed by atoms with Gasteiger partial charge in [0.1, 0.15) is 6.07 Å². The number of nitrogens with zero attached hydrogens (tertiary/aromatic N) is 2. The van der Waals surface area contributed by atoms with E-state index in [2.05, 4.69) is 75.2 Å². The fraction of sp³-hybridized carbons (Fsp3) is 0.185. The van der Waals surface area contributed by atoms with Gasteiger partial charge in [-0.05, 0) is 54.0 Å². The van der Waals surface area contributed by atoms with Crippen molar-refractivity contribution < 1.29 is 0 Å². The highest BCUT2D eigenvalue weighted by Crippen LogP contribution is 2.38. The van der Waals surface area contributed by atoms with Crippen molar-refractivity contribution in [1.29, 1.82) is 5.26 Å². The summed E-state index contributed by atoms with van der Waals surface area (Å²) in [7, 11) is 0. The monoisotopic (exact) mass is 378 g/mol. The second-order valence-electron chi connectivity index (χ2n) is 7.78. The van der Waals surface area contributed by atoms with Gasteiger partial charge in [-0.3, -0.25) is 4.99 Å². The zero-order chi connectivity index (χ0) is 20.9. The van der Waals surface area contributed by atoms with Crippen LogP contribution in [0.3, 0.4) is 0 Å². The van der Waals surface area contributed by atoms with E-state index in [1.807, 2.05) is 42.5 Å². The average Bonchev–Trinajstić information content (AvgIpc) is 2.74. The van der Waals surface area contributed by atoms with E-state index in [0.29, 0.717) is 5.57 Å². The van der Waals surface area contributed by atoms with Gasteiger partial charge in [0.15, 0.2) is 0 Å². The number of hydrogen-bond acceptors (Lipinski definition) is 2. The van der Waals surface area contributed by atoms with Crippen LogP contribution in [0.15, 0.2) is 95.0 Å². The predicted molar refractivity (Wildman–Crippen MR) is 124 cm³/mol. The molecule has 0 aliphatic rings. The van der Waals surface area contributed by atoms with E-state index in [0.717, 1.165) is 5.69 Å². The number of rotatable bonds is 5. The number of allylic oxidation sites excluding steroid dienone is 4. The lowest BCUT2D eigenvalue weighted by Crippen LogP contribution is -2.20. The van der Waals surface area contributed by atoms with E-state index < -0.39 is 0 Å². The lowest BCUT2D eigenvalue weighted by atomic mass is 9.74. The zero-order valence-electron chi connectivity index (χ0n) is 17.5. The van der Waals surface area contributed by atoms with E-state index in [-0.39, 0.29) is 5.41 Å². The molecule has 0 saturated heterocycles. The van der Waals surface area contributed by atoms with Crippen molar-refractivity contribution >= 4 is 22.7 Å². The largest absolute Gasteiger partial charge is 0.256 e. The van der Waals surface area contributed by atoms with Crippen LogP contribution in [0.5, 0.6) is 0 Å². The molecule has 0 fully saturated rings. The fourth-order valence-corrected chi connectivity index (χ4v) is 3.60. The molecule has 2 nitrogen and oxygen atoms in total. The van der Waals surface area contributed by atoms with Gasteiger partial charge in [0.25, 0.3) is 0 Å². The summed E-state index contributed by atoms with van der Waals surface area (Å²) in [4.78, 5) is 4.39. The summed E-state index contributed by atoms with van der Waals surface area (Å²) in [5.41, 5.74) is 4.99. The Morgan fingerprint density at radius 3 is 2.34 bits per heavy atom. The van der Waals surface area contributed by atoms with E-state index >= 15 is 0 Å². The van der Waals surface area contributed by atoms with Crippen molar-refractivity contribution in [3.63, 3.8) is 0 Å². The third-order valence-electron chi connectivity index (χ3n) is 5.50. The van der Waals surface area contributed by atoms with Crippen LogP contribution in [0.1, 0.15) is 31.9 Å². The van der Waals surface area contributed by atoms with Crippen LogP contribution in [0.2, 0.25) is 0 Å². The Kier molecular flexibility index (Phi) is 6.10. The summed E-state index contributed by atoms with van der Waals surface area (Å²) in [6, 6.07) is 24.7. The Hall–Kier alpha value is -3.44. The molecule has 0 aliphatic heterocycles. The highest BCUT2D eigenvalue weighted by molar-refractivity contribution is 5.88. The number of aliphatic imine (C=N–C) groups is 1. The molecule has 3 aromatic rings. The molecule has 3 aromatic carbocycles. The molecular weight excluding hydrogens is 352 g/mol. The first-order valence-electron chi connectivity index (χ1n) is 9.80. The Bertz CT molecular complexity index is 1140. The summed E-state index contributed by atoms with van der Waals surface area (Å²) in [6.45, 7) is 8.78. The molecule has 0 aliphatic carbocycles. The highest BCUT2D eigenvalue weighted by Gasteiger charge is 2.26. The average molecular weight is 379 g/mol. The van der Waals surface area contributed by atoms with Crippen molar-refractivity contribution in [1.82, 2.24) is 0 Å². The van der Waals surface area contributed by atoms with Crippen LogP contribution in [-0.4, -0.2) is 6.21 Å². The summed E-state index contributed by atoms with van der Waals surface area (Å²) in [5.74, 6) is 0. The molecule has 2 heteroatoms. The lowest BCUT2D eigenvalue weighted by Gasteiger charge is -2.30. The van der Waals surface area contributed by atoms with Gasteiger partial charge >= 0.3 is 0 Å². The maximum Gasteiger partial charge on any atom is 0.101 e. The Morgan fingerprint density at radius 1 is 0.931 bits per heavy atom. The normalized spacial score (nSPS) is 13.1. The molecule has 0 atom stereocenters. The van der Waals surface area contributed by atoms with Crippen LogP contribution >= 0.6 is 0 Å². The maximum atomic E-state index is 9.48. The minimum absolute atomic E-state index is 0.168. The number of benzene rings is 3. The third-order valence-corrected chi connectivity index (χ3v) is 5.50. The van der Waals surface area contributed by atoms with Crippen molar-refractivity contribution in [2.24, 2.45) is 4.99 Å². The first-order chi connectivity index (χ1) is 13.9. The molecule has 29 heavy (non-hydrogen) atoms. The zero-order valence-corrected chi connectivity index (χ0v) is 17.5. The van der Waals surface area contributed by atoms with E-state index in [4.69, 9.17) is 0 Å². The first-order valence-corrected chi connectivity index (χ1v) is 9.80. The molecule has 0 aromatic heterocycles. The van der Waals surface area contributed by atoms with E-state index in [1.165, 1.54) is 27.5 Å². The summed E-state index contributed by atoms with van der Waals surface area (Å²) < 4.78 is 0. The minimum Gasteiger partial charge on any atom is -0.256 e. The molecule has 0 N–H and O–H groups in total. The molecule has 3 rings (SSSR count). The maximum absolute atomic E-state index is 9.48. The fourth-order valence-electron chi connectivity index (χ4n) is 3.60. The van der Waals surface area contributed by atoms with Crippen molar-refractivity contribution in [3.05, 3.63) is 101 Å². The van der Waals surface area contributed by atoms with E-state index in [9.17, 15) is 5.26 Å². The Labute approximate surface area is 173 Å². The third kappa shape index (κ3) is 4.52. The molecule has 0 unspecified atom stereocenters. The second kappa shape index (κ2) is 8.71.